The molecule has 0 rings (SSSR count). The van der Waals surface area contributed by atoms with Gasteiger partial charge in [-0.15, -0.1) is 0 Å². The number of allylic oxidation sites excluding steroid dienone is 1. The van der Waals surface area contributed by atoms with Crippen molar-refractivity contribution in [2.45, 2.75) is 32.6 Å². The van der Waals surface area contributed by atoms with Crippen LogP contribution in [0.1, 0.15) is 32.6 Å². The highest BCUT2D eigenvalue weighted by atomic mass is 32.2. The van der Waals surface area contributed by atoms with Crippen LogP contribution in [0, 0.1) is 0 Å². The Bertz CT molecular complexity index is 215. The third kappa shape index (κ3) is 9.69. The minimum Gasteiger partial charge on any atom is -0.229 e. The Labute approximate surface area is 75.6 Å². The van der Waals surface area contributed by atoms with Gasteiger partial charge < -0.3 is 0 Å². The Kier molecular flexibility index (Phi) is 6.07. The number of hydrogen-bond donors (Lipinski definition) is 0. The van der Waals surface area contributed by atoms with Gasteiger partial charge in [0.05, 0.1) is 5.75 Å². The molecule has 0 amide bonds. The average Bonchev–Trinajstić information content (AvgIpc) is 1.94. The second kappa shape index (κ2) is 6.23. The van der Waals surface area contributed by atoms with Crippen LogP contribution in [0.2, 0.25) is 0 Å². The van der Waals surface area contributed by atoms with Crippen molar-refractivity contribution < 1.29 is 8.42 Å². The van der Waals surface area contributed by atoms with Gasteiger partial charge >= 0.3 is 0 Å². The molecule has 12 heavy (non-hydrogen) atoms. The van der Waals surface area contributed by atoms with Crippen molar-refractivity contribution >= 4 is 9.84 Å². The second-order valence-electron chi connectivity index (χ2n) is 3.06. The summed E-state index contributed by atoms with van der Waals surface area (Å²) in [7, 11) is -2.80. The molecule has 0 N–H and O–H groups in total. The average molecular weight is 190 g/mol. The number of rotatable bonds is 6. The summed E-state index contributed by atoms with van der Waals surface area (Å²) in [6.07, 6.45) is 9.55. The van der Waals surface area contributed by atoms with Crippen molar-refractivity contribution in [2.24, 2.45) is 0 Å². The second-order valence-corrected chi connectivity index (χ2v) is 5.24. The topological polar surface area (TPSA) is 34.1 Å². The van der Waals surface area contributed by atoms with Gasteiger partial charge in [0.2, 0.25) is 0 Å². The third-order valence-corrected chi connectivity index (χ3v) is 2.34. The van der Waals surface area contributed by atoms with Gasteiger partial charge in [-0.1, -0.05) is 31.9 Å². The predicted molar refractivity (Wildman–Crippen MR) is 53.0 cm³/mol. The molecular formula is C9H18O2S. The Morgan fingerprint density at radius 1 is 1.17 bits per heavy atom. The lowest BCUT2D eigenvalue weighted by Gasteiger charge is -1.91. The van der Waals surface area contributed by atoms with E-state index in [0.29, 0.717) is 0 Å². The molecule has 0 fully saturated rings. The van der Waals surface area contributed by atoms with Gasteiger partial charge in [0.25, 0.3) is 0 Å². The molecule has 0 aromatic carbocycles. The van der Waals surface area contributed by atoms with Crippen molar-refractivity contribution in [3.05, 3.63) is 12.2 Å². The lowest BCUT2D eigenvalue weighted by molar-refractivity contribution is 0.604. The zero-order valence-electron chi connectivity index (χ0n) is 7.91. The molecule has 0 saturated heterocycles. The summed E-state index contributed by atoms with van der Waals surface area (Å²) in [5, 5.41) is 0. The maximum atomic E-state index is 10.7. The van der Waals surface area contributed by atoms with Gasteiger partial charge in [-0.3, -0.25) is 0 Å². The van der Waals surface area contributed by atoms with Gasteiger partial charge in [-0.05, 0) is 12.8 Å². The molecule has 0 aromatic rings. The maximum absolute atomic E-state index is 10.7. The monoisotopic (exact) mass is 190 g/mol. The molecule has 0 bridgehead atoms. The van der Waals surface area contributed by atoms with Crippen LogP contribution in [-0.4, -0.2) is 20.4 Å². The van der Waals surface area contributed by atoms with Crippen LogP contribution in [0.25, 0.3) is 0 Å². The normalized spacial score (nSPS) is 12.5. The quantitative estimate of drug-likeness (QED) is 0.475. The Morgan fingerprint density at radius 3 is 2.33 bits per heavy atom. The molecule has 72 valence electrons. The standard InChI is InChI=1S/C9H18O2S/c1-3-4-5-6-7-8-9-12(2,10)11/h7-8H,3-6,9H2,1-2H3. The fourth-order valence-corrected chi connectivity index (χ4v) is 1.36. The largest absolute Gasteiger partial charge is 0.229 e. The summed E-state index contributed by atoms with van der Waals surface area (Å²) in [5.74, 6) is 0.180. The van der Waals surface area contributed by atoms with Gasteiger partial charge in [-0.25, -0.2) is 8.42 Å². The highest BCUT2D eigenvalue weighted by Gasteiger charge is 1.95. The van der Waals surface area contributed by atoms with Crippen molar-refractivity contribution in [3.8, 4) is 0 Å². The van der Waals surface area contributed by atoms with E-state index in [0.717, 1.165) is 12.8 Å². The summed E-state index contributed by atoms with van der Waals surface area (Å²) in [5.41, 5.74) is 0. The minimum absolute atomic E-state index is 0.180. The van der Waals surface area contributed by atoms with Crippen LogP contribution in [0.15, 0.2) is 12.2 Å². The first-order valence-corrected chi connectivity index (χ1v) is 6.45. The number of hydrogen-bond acceptors (Lipinski definition) is 2. The van der Waals surface area contributed by atoms with E-state index in [4.69, 9.17) is 0 Å². The van der Waals surface area contributed by atoms with E-state index < -0.39 is 9.84 Å². The van der Waals surface area contributed by atoms with Gasteiger partial charge in [0.1, 0.15) is 0 Å². The molecule has 0 aliphatic heterocycles. The summed E-state index contributed by atoms with van der Waals surface area (Å²) < 4.78 is 21.3. The molecule has 0 aliphatic rings. The van der Waals surface area contributed by atoms with Gasteiger partial charge in [0.15, 0.2) is 9.84 Å². The van der Waals surface area contributed by atoms with Crippen LogP contribution in [0.4, 0.5) is 0 Å². The zero-order valence-corrected chi connectivity index (χ0v) is 8.73. The number of sulfone groups is 1. The Hall–Kier alpha value is -0.310. The van der Waals surface area contributed by atoms with Crippen molar-refractivity contribution in [1.82, 2.24) is 0 Å². The van der Waals surface area contributed by atoms with Gasteiger partial charge in [0, 0.05) is 6.26 Å². The summed E-state index contributed by atoms with van der Waals surface area (Å²) >= 11 is 0. The first-order chi connectivity index (χ1) is 5.56. The van der Waals surface area contributed by atoms with Crippen LogP contribution in [0.5, 0.6) is 0 Å². The van der Waals surface area contributed by atoms with E-state index in [1.165, 1.54) is 19.1 Å². The molecule has 3 heteroatoms. The summed E-state index contributed by atoms with van der Waals surface area (Å²) in [6.45, 7) is 2.15. The smallest absolute Gasteiger partial charge is 0.150 e. The summed E-state index contributed by atoms with van der Waals surface area (Å²) in [6, 6.07) is 0. The van der Waals surface area contributed by atoms with E-state index in [-0.39, 0.29) is 5.75 Å². The third-order valence-electron chi connectivity index (χ3n) is 1.54. The van der Waals surface area contributed by atoms with Gasteiger partial charge in [-0.2, -0.15) is 0 Å². The van der Waals surface area contributed by atoms with Crippen molar-refractivity contribution in [3.63, 3.8) is 0 Å². The van der Waals surface area contributed by atoms with Crippen molar-refractivity contribution in [2.75, 3.05) is 12.0 Å². The number of unbranched alkanes of at least 4 members (excludes halogenated alkanes) is 3. The molecule has 0 aliphatic carbocycles. The van der Waals surface area contributed by atoms with E-state index in [9.17, 15) is 8.42 Å². The fourth-order valence-electron chi connectivity index (χ4n) is 0.873. The highest BCUT2D eigenvalue weighted by molar-refractivity contribution is 7.90. The van der Waals surface area contributed by atoms with E-state index in [2.05, 4.69) is 6.92 Å². The molecule has 0 aromatic heterocycles. The Morgan fingerprint density at radius 2 is 1.83 bits per heavy atom. The molecule has 0 atom stereocenters. The minimum atomic E-state index is -2.80. The molecule has 0 spiro atoms. The maximum Gasteiger partial charge on any atom is 0.150 e. The predicted octanol–water partition coefficient (Wildman–Crippen LogP) is 2.17. The van der Waals surface area contributed by atoms with Crippen LogP contribution in [-0.2, 0) is 9.84 Å². The summed E-state index contributed by atoms with van der Waals surface area (Å²) in [4.78, 5) is 0. The fraction of sp³-hybridized carbons (Fsp3) is 0.778. The molecule has 0 heterocycles. The van der Waals surface area contributed by atoms with Crippen LogP contribution in [0.3, 0.4) is 0 Å². The molecular weight excluding hydrogens is 172 g/mol. The Balaban J connectivity index is 3.39. The van der Waals surface area contributed by atoms with Crippen LogP contribution < -0.4 is 0 Å². The van der Waals surface area contributed by atoms with E-state index >= 15 is 0 Å². The first kappa shape index (κ1) is 11.7. The lowest BCUT2D eigenvalue weighted by Crippen LogP contribution is -1.98. The zero-order chi connectivity index (χ0) is 9.45. The molecule has 2 nitrogen and oxygen atoms in total. The van der Waals surface area contributed by atoms with Crippen LogP contribution >= 0.6 is 0 Å². The van der Waals surface area contributed by atoms with E-state index in [1.807, 2.05) is 6.08 Å². The SMILES string of the molecule is CCCCCC=CCS(C)(=O)=O. The first-order valence-electron chi connectivity index (χ1n) is 4.39. The molecule has 0 unspecified atom stereocenters. The lowest BCUT2D eigenvalue weighted by atomic mass is 10.2. The van der Waals surface area contributed by atoms with Crippen molar-refractivity contribution in [1.29, 1.82) is 0 Å². The van der Waals surface area contributed by atoms with E-state index in [1.54, 1.807) is 6.08 Å². The molecule has 0 radical (unpaired) electrons. The highest BCUT2D eigenvalue weighted by Crippen LogP contribution is 1.99. The molecule has 0 saturated carbocycles.